The van der Waals surface area contributed by atoms with Gasteiger partial charge in [-0.25, -0.2) is 13.2 Å². The molecule has 3 aromatic carbocycles. The zero-order valence-corrected chi connectivity index (χ0v) is 31.4. The second-order valence-corrected chi connectivity index (χ2v) is 16.9. The van der Waals surface area contributed by atoms with E-state index in [1.807, 2.05) is 52.0 Å². The molecule has 0 aliphatic heterocycles. The summed E-state index contributed by atoms with van der Waals surface area (Å²) in [6.07, 6.45) is 2.47. The third kappa shape index (κ3) is 9.60. The number of carbonyl (C=O) groups excluding carboxylic acids is 3. The SMILES string of the molecule is Cc1cc(S(=O)(=O)N(C)Cl)ccc1-c1ccc(CC(NC(=O)C2CCC(CNC(=O)OC(C)(C)C)CC2)C(=O)Nc2ccc3c(=O)[nH][nH]c3c2)cc1. The topological polar surface area (TPSA) is 183 Å². The summed E-state index contributed by atoms with van der Waals surface area (Å²) >= 11 is 5.74. The van der Waals surface area contributed by atoms with Gasteiger partial charge in [-0.05, 0) is 124 Å². The summed E-state index contributed by atoms with van der Waals surface area (Å²) in [5.41, 5.74) is 3.37. The van der Waals surface area contributed by atoms with Gasteiger partial charge in [0.25, 0.3) is 15.6 Å². The van der Waals surface area contributed by atoms with Gasteiger partial charge >= 0.3 is 6.09 Å². The molecule has 1 aliphatic rings. The minimum atomic E-state index is -3.80. The molecule has 4 aromatic rings. The van der Waals surface area contributed by atoms with E-state index < -0.39 is 33.7 Å². The van der Waals surface area contributed by atoms with Crippen molar-refractivity contribution in [1.29, 1.82) is 0 Å². The Morgan fingerprint density at radius 2 is 1.67 bits per heavy atom. The monoisotopic (exact) mass is 752 g/mol. The first kappa shape index (κ1) is 38.6. The van der Waals surface area contributed by atoms with E-state index in [9.17, 15) is 27.6 Å². The fraction of sp³-hybridized carbons (Fsp3) is 0.405. The van der Waals surface area contributed by atoms with Gasteiger partial charge in [-0.3, -0.25) is 24.6 Å². The summed E-state index contributed by atoms with van der Waals surface area (Å²) < 4.78 is 31.0. The molecule has 1 heterocycles. The van der Waals surface area contributed by atoms with Crippen molar-refractivity contribution in [2.45, 2.75) is 76.3 Å². The molecule has 1 fully saturated rings. The quantitative estimate of drug-likeness (QED) is 0.124. The number of alkyl carbamates (subject to hydrolysis) is 1. The molecular formula is C37H45ClN6O7S. The number of aryl methyl sites for hydroxylation is 1. The number of carbonyl (C=O) groups is 3. The number of rotatable bonds is 11. The molecule has 5 N–H and O–H groups in total. The van der Waals surface area contributed by atoms with Crippen molar-refractivity contribution in [2.75, 3.05) is 18.9 Å². The van der Waals surface area contributed by atoms with Crippen LogP contribution in [0.3, 0.4) is 0 Å². The number of benzene rings is 3. The number of sulfonamides is 1. The maximum Gasteiger partial charge on any atom is 0.407 e. The Labute approximate surface area is 308 Å². The summed E-state index contributed by atoms with van der Waals surface area (Å²) in [6.45, 7) is 7.71. The second-order valence-electron chi connectivity index (χ2n) is 14.3. The maximum atomic E-state index is 13.8. The number of nitrogens with zero attached hydrogens (tertiary/aromatic N) is 1. The van der Waals surface area contributed by atoms with Crippen molar-refractivity contribution in [1.82, 2.24) is 24.7 Å². The Morgan fingerprint density at radius 3 is 2.31 bits per heavy atom. The van der Waals surface area contributed by atoms with Gasteiger partial charge in [-0.2, -0.15) is 0 Å². The lowest BCUT2D eigenvalue weighted by atomic mass is 9.81. The van der Waals surface area contributed by atoms with Gasteiger partial charge in [0.2, 0.25) is 11.8 Å². The lowest BCUT2D eigenvalue weighted by Crippen LogP contribution is -2.48. The van der Waals surface area contributed by atoms with Crippen molar-refractivity contribution < 1.29 is 27.5 Å². The highest BCUT2D eigenvalue weighted by molar-refractivity contribution is 7.90. The molecular weight excluding hydrogens is 708 g/mol. The molecule has 15 heteroatoms. The van der Waals surface area contributed by atoms with Gasteiger partial charge in [0.15, 0.2) is 0 Å². The van der Waals surface area contributed by atoms with Crippen LogP contribution in [-0.2, 0) is 30.8 Å². The number of amides is 3. The first-order valence-corrected chi connectivity index (χ1v) is 18.9. The lowest BCUT2D eigenvalue weighted by Gasteiger charge is -2.29. The maximum absolute atomic E-state index is 13.8. The van der Waals surface area contributed by atoms with Gasteiger partial charge in [-0.15, -0.1) is 3.82 Å². The standard InChI is InChI=1S/C37H45ClN6O7S/c1-22-18-28(52(49,50)44(5)38)15-17-29(22)25-10-6-23(7-11-25)19-32(35(47)40-27-14-16-30-31(20-27)42-43-34(30)46)41-33(45)26-12-8-24(9-13-26)21-39-36(48)51-37(2,3)4/h6-7,10-11,14-18,20,24,26,32H,8-9,12-13,19,21H2,1-5H3,(H,39,48)(H,40,47)(H,41,45)(H2,42,43,46). The molecule has 1 unspecified atom stereocenters. The van der Waals surface area contributed by atoms with Crippen molar-refractivity contribution in [3.05, 3.63) is 82.1 Å². The third-order valence-corrected chi connectivity index (χ3v) is 11.2. The van der Waals surface area contributed by atoms with E-state index in [0.717, 1.165) is 35.1 Å². The van der Waals surface area contributed by atoms with E-state index in [2.05, 4.69) is 26.1 Å². The van der Waals surface area contributed by atoms with Crippen LogP contribution in [0.1, 0.15) is 57.6 Å². The zero-order valence-electron chi connectivity index (χ0n) is 29.8. The van der Waals surface area contributed by atoms with Crippen LogP contribution in [0.4, 0.5) is 10.5 Å². The van der Waals surface area contributed by atoms with Crippen LogP contribution < -0.4 is 21.5 Å². The Morgan fingerprint density at radius 1 is 0.981 bits per heavy atom. The minimum Gasteiger partial charge on any atom is -0.444 e. The molecule has 5 rings (SSSR count). The van der Waals surface area contributed by atoms with Crippen LogP contribution in [0.25, 0.3) is 22.0 Å². The highest BCUT2D eigenvalue weighted by atomic mass is 35.5. The molecule has 3 amide bonds. The summed E-state index contributed by atoms with van der Waals surface area (Å²) in [5, 5.41) is 14.5. The van der Waals surface area contributed by atoms with Crippen molar-refractivity contribution >= 4 is 56.3 Å². The Bertz CT molecular complexity index is 2100. The second kappa shape index (κ2) is 15.9. The van der Waals surface area contributed by atoms with Crippen LogP contribution >= 0.6 is 11.8 Å². The fourth-order valence-electron chi connectivity index (χ4n) is 6.34. The number of hydrogen-bond acceptors (Lipinski definition) is 7. The predicted molar refractivity (Wildman–Crippen MR) is 200 cm³/mol. The Balaban J connectivity index is 1.28. The van der Waals surface area contributed by atoms with Crippen LogP contribution in [-0.4, -0.2) is 65.6 Å². The molecule has 0 radical (unpaired) electrons. The minimum absolute atomic E-state index is 0.0837. The third-order valence-electron chi connectivity index (χ3n) is 9.16. The van der Waals surface area contributed by atoms with E-state index in [-0.39, 0.29) is 34.6 Å². The zero-order chi connectivity index (χ0) is 37.8. The molecule has 1 saturated carbocycles. The molecule has 52 heavy (non-hydrogen) atoms. The number of fused-ring (bicyclic) bond motifs is 1. The van der Waals surface area contributed by atoms with Gasteiger partial charge in [0.1, 0.15) is 11.6 Å². The highest BCUT2D eigenvalue weighted by Gasteiger charge is 2.30. The predicted octanol–water partition coefficient (Wildman–Crippen LogP) is 5.60. The van der Waals surface area contributed by atoms with Crippen LogP contribution in [0.15, 0.2) is 70.4 Å². The van der Waals surface area contributed by atoms with Gasteiger partial charge < -0.3 is 20.7 Å². The number of aromatic nitrogens is 2. The number of anilines is 1. The first-order chi connectivity index (χ1) is 24.5. The van der Waals surface area contributed by atoms with Gasteiger partial charge in [0, 0.05) is 31.6 Å². The normalized spacial score (nSPS) is 17.1. The van der Waals surface area contributed by atoms with Crippen molar-refractivity contribution in [3.63, 3.8) is 0 Å². The summed E-state index contributed by atoms with van der Waals surface area (Å²) in [4.78, 5) is 51.5. The van der Waals surface area contributed by atoms with E-state index in [4.69, 9.17) is 16.5 Å². The Kier molecular flexibility index (Phi) is 11.8. The van der Waals surface area contributed by atoms with Gasteiger partial charge in [-0.1, -0.05) is 30.3 Å². The molecule has 278 valence electrons. The highest BCUT2D eigenvalue weighted by Crippen LogP contribution is 2.30. The Hall–Kier alpha value is -4.66. The smallest absolute Gasteiger partial charge is 0.407 e. The van der Waals surface area contributed by atoms with E-state index in [0.29, 0.717) is 39.8 Å². The number of ether oxygens (including phenoxy) is 1. The van der Waals surface area contributed by atoms with Crippen LogP contribution in [0.5, 0.6) is 0 Å². The summed E-state index contributed by atoms with van der Waals surface area (Å²) in [7, 11) is -2.54. The fourth-order valence-corrected chi connectivity index (χ4v) is 7.43. The lowest BCUT2D eigenvalue weighted by molar-refractivity contribution is -0.130. The molecule has 1 atom stereocenters. The number of hydrogen-bond donors (Lipinski definition) is 5. The van der Waals surface area contributed by atoms with Gasteiger partial charge in [0.05, 0.1) is 15.8 Å². The van der Waals surface area contributed by atoms with Crippen LogP contribution in [0, 0.1) is 18.8 Å². The average molecular weight is 753 g/mol. The first-order valence-electron chi connectivity index (χ1n) is 17.1. The molecule has 0 saturated heterocycles. The molecule has 13 nitrogen and oxygen atoms in total. The number of halogens is 1. The molecule has 0 bridgehead atoms. The largest absolute Gasteiger partial charge is 0.444 e. The van der Waals surface area contributed by atoms with E-state index in [1.165, 1.54) is 13.1 Å². The summed E-state index contributed by atoms with van der Waals surface area (Å²) in [5.74, 6) is -0.698. The summed E-state index contributed by atoms with van der Waals surface area (Å²) in [6, 6.07) is 16.3. The number of nitrogens with one attached hydrogen (secondary N) is 5. The average Bonchev–Trinajstić information content (AvgIpc) is 3.46. The van der Waals surface area contributed by atoms with E-state index in [1.54, 1.807) is 30.3 Å². The van der Waals surface area contributed by atoms with Crippen LogP contribution in [0.2, 0.25) is 0 Å². The number of aromatic amines is 2. The molecule has 1 aliphatic carbocycles. The van der Waals surface area contributed by atoms with Crippen molar-refractivity contribution in [3.8, 4) is 11.1 Å². The molecule has 0 spiro atoms. The number of H-pyrrole nitrogens is 2. The van der Waals surface area contributed by atoms with Crippen molar-refractivity contribution in [2.24, 2.45) is 11.8 Å². The van der Waals surface area contributed by atoms with E-state index >= 15 is 0 Å². The molecule has 1 aromatic heterocycles.